The monoisotopic (exact) mass is 289 g/mol. The van der Waals surface area contributed by atoms with Crippen molar-refractivity contribution in [2.24, 2.45) is 11.8 Å². The summed E-state index contributed by atoms with van der Waals surface area (Å²) in [6.07, 6.45) is 0. The lowest BCUT2D eigenvalue weighted by molar-refractivity contribution is -0.131. The molecule has 0 aromatic heterocycles. The van der Waals surface area contributed by atoms with Gasteiger partial charge in [-0.05, 0) is 5.92 Å². The lowest BCUT2D eigenvalue weighted by atomic mass is 10.0. The molecule has 0 fully saturated rings. The summed E-state index contributed by atoms with van der Waals surface area (Å²) in [5.41, 5.74) is 2.20. The lowest BCUT2D eigenvalue weighted by Gasteiger charge is -2.21. The fourth-order valence-electron chi connectivity index (χ4n) is 1.34. The Hall–Kier alpha value is -1.71. The van der Waals surface area contributed by atoms with Crippen molar-refractivity contribution in [2.75, 3.05) is 26.9 Å². The van der Waals surface area contributed by atoms with Crippen LogP contribution in [0.3, 0.4) is 0 Å². The molecular weight excluding hydrogens is 266 g/mol. The molecule has 0 radical (unpaired) electrons. The highest BCUT2D eigenvalue weighted by molar-refractivity contribution is 5.91. The molecule has 0 aliphatic rings. The number of methoxy groups -OCH3 is 1. The lowest BCUT2D eigenvalue weighted by Crippen LogP contribution is -2.53. The van der Waals surface area contributed by atoms with E-state index in [9.17, 15) is 14.4 Å². The minimum absolute atomic E-state index is 0.0707. The van der Waals surface area contributed by atoms with Crippen LogP contribution in [0.2, 0.25) is 0 Å². The number of carbonyl (C=O) groups excluding carboxylic acids is 3. The van der Waals surface area contributed by atoms with Crippen molar-refractivity contribution >= 4 is 17.7 Å². The number of hydrogen-bond donors (Lipinski definition) is 5. The molecular formula is C11H23N5O4. The van der Waals surface area contributed by atoms with E-state index in [0.717, 1.165) is 0 Å². The molecule has 116 valence electrons. The van der Waals surface area contributed by atoms with Crippen LogP contribution in [0.1, 0.15) is 13.8 Å². The summed E-state index contributed by atoms with van der Waals surface area (Å²) in [6.45, 7) is 3.36. The number of carbonyl (C=O) groups is 3. The van der Waals surface area contributed by atoms with E-state index in [2.05, 4.69) is 26.1 Å². The van der Waals surface area contributed by atoms with Crippen LogP contribution in [-0.2, 0) is 19.1 Å². The Morgan fingerprint density at radius 3 is 2.25 bits per heavy atom. The third-order valence-electron chi connectivity index (χ3n) is 2.37. The fourth-order valence-corrected chi connectivity index (χ4v) is 1.34. The van der Waals surface area contributed by atoms with Crippen molar-refractivity contribution in [2.45, 2.75) is 19.9 Å². The molecule has 9 nitrogen and oxygen atoms in total. The zero-order valence-corrected chi connectivity index (χ0v) is 12.0. The van der Waals surface area contributed by atoms with Gasteiger partial charge in [0.25, 0.3) is 0 Å². The van der Waals surface area contributed by atoms with E-state index in [1.165, 1.54) is 7.11 Å². The summed E-state index contributed by atoms with van der Waals surface area (Å²) in [5, 5.41) is 7.41. The van der Waals surface area contributed by atoms with Gasteiger partial charge in [0, 0.05) is 7.11 Å². The van der Waals surface area contributed by atoms with Crippen molar-refractivity contribution in [3.8, 4) is 0 Å². The van der Waals surface area contributed by atoms with Gasteiger partial charge < -0.3 is 20.7 Å². The first-order valence-corrected chi connectivity index (χ1v) is 6.18. The molecule has 3 amide bonds. The average molecular weight is 289 g/mol. The van der Waals surface area contributed by atoms with Gasteiger partial charge in [-0.3, -0.25) is 25.7 Å². The highest BCUT2D eigenvalue weighted by Crippen LogP contribution is 2.01. The quantitative estimate of drug-likeness (QED) is 0.180. The van der Waals surface area contributed by atoms with E-state index in [0.29, 0.717) is 0 Å². The molecule has 9 heteroatoms. The van der Waals surface area contributed by atoms with Crippen molar-refractivity contribution in [3.63, 3.8) is 0 Å². The third kappa shape index (κ3) is 7.67. The number of amides is 3. The molecule has 0 aliphatic carbocycles. The minimum atomic E-state index is -0.730. The van der Waals surface area contributed by atoms with Gasteiger partial charge in [0.15, 0.2) is 0 Å². The first-order valence-electron chi connectivity index (χ1n) is 6.18. The fraction of sp³-hybridized carbons (Fsp3) is 0.727. The smallest absolute Gasteiger partial charge is 0.243 e. The third-order valence-corrected chi connectivity index (χ3v) is 2.37. The summed E-state index contributed by atoms with van der Waals surface area (Å²) in [5.74, 6) is 3.69. The zero-order chi connectivity index (χ0) is 15.5. The van der Waals surface area contributed by atoms with Crippen LogP contribution in [0.5, 0.6) is 0 Å². The van der Waals surface area contributed by atoms with Crippen molar-refractivity contribution in [1.82, 2.24) is 21.4 Å². The molecule has 0 aromatic rings. The van der Waals surface area contributed by atoms with E-state index < -0.39 is 17.9 Å². The van der Waals surface area contributed by atoms with Gasteiger partial charge in [0.1, 0.15) is 12.8 Å². The molecule has 0 bridgehead atoms. The number of hydrogen-bond acceptors (Lipinski definition) is 6. The Labute approximate surface area is 117 Å². The SMILES string of the molecule is COCNC(=O)CNC(=O)C(NC(=O)CNN)C(C)C. The molecule has 0 spiro atoms. The van der Waals surface area contributed by atoms with Crippen LogP contribution in [0.25, 0.3) is 0 Å². The van der Waals surface area contributed by atoms with E-state index in [1.54, 1.807) is 13.8 Å². The van der Waals surface area contributed by atoms with Crippen molar-refractivity contribution in [1.29, 1.82) is 0 Å². The number of hydrazine groups is 1. The van der Waals surface area contributed by atoms with Gasteiger partial charge in [0.05, 0.1) is 13.1 Å². The molecule has 1 atom stereocenters. The molecule has 20 heavy (non-hydrogen) atoms. The van der Waals surface area contributed by atoms with Crippen molar-refractivity contribution in [3.05, 3.63) is 0 Å². The maximum atomic E-state index is 11.9. The summed E-state index contributed by atoms with van der Waals surface area (Å²) in [4.78, 5) is 34.6. The second-order valence-electron chi connectivity index (χ2n) is 4.42. The zero-order valence-electron chi connectivity index (χ0n) is 12.0. The van der Waals surface area contributed by atoms with Gasteiger partial charge >= 0.3 is 0 Å². The average Bonchev–Trinajstić information content (AvgIpc) is 2.39. The van der Waals surface area contributed by atoms with E-state index >= 15 is 0 Å². The topological polar surface area (TPSA) is 135 Å². The molecule has 0 aromatic carbocycles. The molecule has 0 saturated heterocycles. The Bertz CT molecular complexity index is 335. The Balaban J connectivity index is 4.29. The van der Waals surface area contributed by atoms with Crippen molar-refractivity contribution < 1.29 is 19.1 Å². The predicted molar refractivity (Wildman–Crippen MR) is 72.0 cm³/mol. The van der Waals surface area contributed by atoms with E-state index in [1.807, 2.05) is 0 Å². The normalized spacial score (nSPS) is 11.8. The summed E-state index contributed by atoms with van der Waals surface area (Å²) in [7, 11) is 1.44. The summed E-state index contributed by atoms with van der Waals surface area (Å²) in [6, 6.07) is -0.730. The molecule has 1 unspecified atom stereocenters. The molecule has 0 rings (SSSR count). The second-order valence-corrected chi connectivity index (χ2v) is 4.42. The number of rotatable bonds is 9. The molecule has 0 saturated carbocycles. The predicted octanol–water partition coefficient (Wildman–Crippen LogP) is -2.57. The second kappa shape index (κ2) is 10.1. The maximum absolute atomic E-state index is 11.9. The number of ether oxygens (including phenoxy) is 1. The Morgan fingerprint density at radius 1 is 1.10 bits per heavy atom. The van der Waals surface area contributed by atoms with Crippen LogP contribution >= 0.6 is 0 Å². The van der Waals surface area contributed by atoms with Crippen LogP contribution < -0.4 is 27.2 Å². The Kier molecular flexibility index (Phi) is 9.26. The standard InChI is InChI=1S/C11H23N5O4/c1-7(2)10(16-9(18)5-15-12)11(19)13-4-8(17)14-6-20-3/h7,10,15H,4-6,12H2,1-3H3,(H,13,19)(H,14,17)(H,16,18). The van der Waals surface area contributed by atoms with Crippen LogP contribution in [-0.4, -0.2) is 50.7 Å². The van der Waals surface area contributed by atoms with Crippen LogP contribution in [0, 0.1) is 5.92 Å². The highest BCUT2D eigenvalue weighted by Gasteiger charge is 2.24. The number of nitrogens with two attached hydrogens (primary N) is 1. The van der Waals surface area contributed by atoms with Gasteiger partial charge in [0.2, 0.25) is 17.7 Å². The maximum Gasteiger partial charge on any atom is 0.243 e. The summed E-state index contributed by atoms with van der Waals surface area (Å²) >= 11 is 0. The molecule has 0 heterocycles. The largest absolute Gasteiger partial charge is 0.364 e. The molecule has 0 aliphatic heterocycles. The van der Waals surface area contributed by atoms with E-state index in [4.69, 9.17) is 5.84 Å². The van der Waals surface area contributed by atoms with Gasteiger partial charge in [-0.15, -0.1) is 0 Å². The first kappa shape index (κ1) is 18.3. The van der Waals surface area contributed by atoms with Crippen LogP contribution in [0.4, 0.5) is 0 Å². The van der Waals surface area contributed by atoms with E-state index in [-0.39, 0.29) is 31.6 Å². The first-order chi connectivity index (χ1) is 9.42. The highest BCUT2D eigenvalue weighted by atomic mass is 16.5. The van der Waals surface area contributed by atoms with Gasteiger partial charge in [-0.2, -0.15) is 0 Å². The van der Waals surface area contributed by atoms with Crippen LogP contribution in [0.15, 0.2) is 0 Å². The Morgan fingerprint density at radius 2 is 1.75 bits per heavy atom. The molecule has 6 N–H and O–H groups in total. The number of nitrogens with one attached hydrogen (secondary N) is 4. The minimum Gasteiger partial charge on any atom is -0.364 e. The summed E-state index contributed by atoms with van der Waals surface area (Å²) < 4.78 is 4.66. The van der Waals surface area contributed by atoms with Gasteiger partial charge in [-0.25, -0.2) is 0 Å². The van der Waals surface area contributed by atoms with Gasteiger partial charge in [-0.1, -0.05) is 13.8 Å².